The molecule has 2 aromatic rings. The summed E-state index contributed by atoms with van der Waals surface area (Å²) in [6, 6.07) is 11.8. The third-order valence-electron chi connectivity index (χ3n) is 3.83. The molecule has 2 aromatic carbocycles. The number of ketones is 1. The minimum Gasteiger partial charge on any atom is -0.497 e. The van der Waals surface area contributed by atoms with E-state index in [0.717, 1.165) is 0 Å². The van der Waals surface area contributed by atoms with Gasteiger partial charge in [-0.3, -0.25) is 4.79 Å². The SMILES string of the molecule is C=CCNS(=O)(=O)c1cccc(C(=O)O[C@H](C)C(=O)c2ccc(OC)cc2)c1. The van der Waals surface area contributed by atoms with Crippen molar-refractivity contribution in [3.63, 3.8) is 0 Å². The minimum absolute atomic E-state index is 0.0239. The van der Waals surface area contributed by atoms with Crippen molar-refractivity contribution in [2.24, 2.45) is 0 Å². The lowest BCUT2D eigenvalue weighted by atomic mass is 10.1. The highest BCUT2D eigenvalue weighted by Gasteiger charge is 2.22. The van der Waals surface area contributed by atoms with Gasteiger partial charge in [-0.15, -0.1) is 6.58 Å². The maximum atomic E-state index is 12.4. The van der Waals surface area contributed by atoms with Crippen LogP contribution in [-0.4, -0.2) is 39.9 Å². The summed E-state index contributed by atoms with van der Waals surface area (Å²) in [5.74, 6) is -0.577. The quantitative estimate of drug-likeness (QED) is 0.393. The van der Waals surface area contributed by atoms with Crippen LogP contribution >= 0.6 is 0 Å². The van der Waals surface area contributed by atoms with Crippen molar-refractivity contribution >= 4 is 21.8 Å². The van der Waals surface area contributed by atoms with Gasteiger partial charge in [0.15, 0.2) is 6.10 Å². The number of nitrogens with one attached hydrogen (secondary N) is 1. The zero-order valence-corrected chi connectivity index (χ0v) is 16.4. The lowest BCUT2D eigenvalue weighted by Gasteiger charge is -2.13. The number of carbonyl (C=O) groups is 2. The van der Waals surface area contributed by atoms with Gasteiger partial charge in [-0.05, 0) is 49.4 Å². The van der Waals surface area contributed by atoms with Gasteiger partial charge in [0.2, 0.25) is 15.8 Å². The summed E-state index contributed by atoms with van der Waals surface area (Å²) < 4.78 is 36.9. The Morgan fingerprint density at radius 2 is 1.82 bits per heavy atom. The van der Waals surface area contributed by atoms with Gasteiger partial charge >= 0.3 is 5.97 Å². The third-order valence-corrected chi connectivity index (χ3v) is 5.25. The third kappa shape index (κ3) is 5.28. The fourth-order valence-electron chi connectivity index (χ4n) is 2.31. The molecule has 0 saturated carbocycles. The van der Waals surface area contributed by atoms with Gasteiger partial charge in [0.1, 0.15) is 5.75 Å². The van der Waals surface area contributed by atoms with Crippen molar-refractivity contribution in [3.05, 3.63) is 72.3 Å². The van der Waals surface area contributed by atoms with Crippen molar-refractivity contribution in [3.8, 4) is 5.75 Å². The van der Waals surface area contributed by atoms with E-state index in [1.807, 2.05) is 0 Å². The molecule has 0 radical (unpaired) electrons. The lowest BCUT2D eigenvalue weighted by molar-refractivity contribution is 0.0318. The van der Waals surface area contributed by atoms with Gasteiger partial charge in [-0.2, -0.15) is 0 Å². The molecule has 0 unspecified atom stereocenters. The van der Waals surface area contributed by atoms with E-state index < -0.39 is 22.1 Å². The van der Waals surface area contributed by atoms with E-state index in [-0.39, 0.29) is 22.8 Å². The zero-order valence-electron chi connectivity index (χ0n) is 15.5. The average Bonchev–Trinajstić information content (AvgIpc) is 2.71. The first-order chi connectivity index (χ1) is 13.3. The highest BCUT2D eigenvalue weighted by atomic mass is 32.2. The molecule has 0 spiro atoms. The lowest BCUT2D eigenvalue weighted by Crippen LogP contribution is -2.25. The molecule has 0 bridgehead atoms. The monoisotopic (exact) mass is 403 g/mol. The molecule has 28 heavy (non-hydrogen) atoms. The summed E-state index contributed by atoms with van der Waals surface area (Å²) >= 11 is 0. The van der Waals surface area contributed by atoms with Gasteiger partial charge in [0.25, 0.3) is 0 Å². The van der Waals surface area contributed by atoms with E-state index in [9.17, 15) is 18.0 Å². The number of ether oxygens (including phenoxy) is 2. The molecule has 0 aliphatic carbocycles. The Hall–Kier alpha value is -2.97. The van der Waals surface area contributed by atoms with Crippen molar-refractivity contribution in [2.75, 3.05) is 13.7 Å². The summed E-state index contributed by atoms with van der Waals surface area (Å²) in [5.41, 5.74) is 0.391. The molecule has 1 atom stereocenters. The summed E-state index contributed by atoms with van der Waals surface area (Å²) in [5, 5.41) is 0. The number of esters is 1. The highest BCUT2D eigenvalue weighted by molar-refractivity contribution is 7.89. The number of carbonyl (C=O) groups excluding carboxylic acids is 2. The van der Waals surface area contributed by atoms with Crippen molar-refractivity contribution < 1.29 is 27.5 Å². The van der Waals surface area contributed by atoms with Crippen LogP contribution in [0.1, 0.15) is 27.6 Å². The van der Waals surface area contributed by atoms with Crippen molar-refractivity contribution in [1.82, 2.24) is 4.72 Å². The van der Waals surface area contributed by atoms with Gasteiger partial charge in [0.05, 0.1) is 17.6 Å². The Morgan fingerprint density at radius 1 is 1.14 bits per heavy atom. The maximum Gasteiger partial charge on any atom is 0.338 e. The molecule has 0 aromatic heterocycles. The maximum absolute atomic E-state index is 12.4. The number of hydrogen-bond acceptors (Lipinski definition) is 6. The minimum atomic E-state index is -3.78. The number of sulfonamides is 1. The highest BCUT2D eigenvalue weighted by Crippen LogP contribution is 2.16. The number of benzene rings is 2. The fraction of sp³-hybridized carbons (Fsp3) is 0.200. The van der Waals surface area contributed by atoms with Crippen LogP contribution < -0.4 is 9.46 Å². The predicted octanol–water partition coefficient (Wildman–Crippen LogP) is 2.59. The molecule has 0 aliphatic rings. The van der Waals surface area contributed by atoms with Crippen LogP contribution in [0.25, 0.3) is 0 Å². The van der Waals surface area contributed by atoms with E-state index in [1.165, 1.54) is 44.4 Å². The van der Waals surface area contributed by atoms with Crippen LogP contribution in [0.2, 0.25) is 0 Å². The Morgan fingerprint density at radius 3 is 2.43 bits per heavy atom. The smallest absolute Gasteiger partial charge is 0.338 e. The molecular weight excluding hydrogens is 382 g/mol. The fourth-order valence-corrected chi connectivity index (χ4v) is 3.36. The largest absolute Gasteiger partial charge is 0.497 e. The second-order valence-electron chi connectivity index (χ2n) is 5.81. The second kappa shape index (κ2) is 9.29. The zero-order chi connectivity index (χ0) is 20.7. The molecule has 148 valence electrons. The van der Waals surface area contributed by atoms with Gasteiger partial charge in [-0.1, -0.05) is 12.1 Å². The number of rotatable bonds is 9. The molecule has 0 heterocycles. The molecule has 0 fully saturated rings. The molecule has 1 N–H and O–H groups in total. The normalized spacial score (nSPS) is 12.1. The van der Waals surface area contributed by atoms with E-state index in [1.54, 1.807) is 24.3 Å². The average molecular weight is 403 g/mol. The van der Waals surface area contributed by atoms with E-state index in [4.69, 9.17) is 9.47 Å². The molecule has 2 rings (SSSR count). The first kappa shape index (κ1) is 21.3. The van der Waals surface area contributed by atoms with Crippen molar-refractivity contribution in [1.29, 1.82) is 0 Å². The first-order valence-electron chi connectivity index (χ1n) is 8.38. The Balaban J connectivity index is 2.12. The first-order valence-corrected chi connectivity index (χ1v) is 9.86. The van der Waals surface area contributed by atoms with E-state index in [0.29, 0.717) is 11.3 Å². The van der Waals surface area contributed by atoms with Crippen molar-refractivity contribution in [2.45, 2.75) is 17.9 Å². The number of Topliss-reactive ketones (excluding diaryl/α,β-unsaturated/α-hetero) is 1. The van der Waals surface area contributed by atoms with Gasteiger partial charge < -0.3 is 9.47 Å². The van der Waals surface area contributed by atoms with Gasteiger partial charge in [0, 0.05) is 12.1 Å². The van der Waals surface area contributed by atoms with Crippen LogP contribution in [0.4, 0.5) is 0 Å². The predicted molar refractivity (Wildman–Crippen MR) is 104 cm³/mol. The Labute approximate surface area is 164 Å². The molecule has 0 aliphatic heterocycles. The number of methoxy groups -OCH3 is 1. The van der Waals surface area contributed by atoms with E-state index in [2.05, 4.69) is 11.3 Å². The second-order valence-corrected chi connectivity index (χ2v) is 7.58. The van der Waals surface area contributed by atoms with Crippen LogP contribution in [0.3, 0.4) is 0 Å². The van der Waals surface area contributed by atoms with E-state index >= 15 is 0 Å². The number of hydrogen-bond donors (Lipinski definition) is 1. The standard InChI is InChI=1S/C20H21NO6S/c1-4-12-21-28(24,25)18-7-5-6-16(13-18)20(23)27-14(2)19(22)15-8-10-17(26-3)11-9-15/h4-11,13-14,21H,1,12H2,2-3H3/t14-/m1/s1. The molecular formula is C20H21NO6S. The topological polar surface area (TPSA) is 98.8 Å². The summed E-state index contributed by atoms with van der Waals surface area (Å²) in [4.78, 5) is 24.7. The van der Waals surface area contributed by atoms with Crippen LogP contribution in [0.5, 0.6) is 5.75 Å². The molecule has 7 nitrogen and oxygen atoms in total. The summed E-state index contributed by atoms with van der Waals surface area (Å²) in [6.45, 7) is 4.96. The molecule has 8 heteroatoms. The summed E-state index contributed by atoms with van der Waals surface area (Å²) in [7, 11) is -2.26. The van der Waals surface area contributed by atoms with Crippen LogP contribution in [-0.2, 0) is 14.8 Å². The Kier molecular flexibility index (Phi) is 7.08. The van der Waals surface area contributed by atoms with Crippen LogP contribution in [0.15, 0.2) is 66.1 Å². The Bertz CT molecular complexity index is 966. The summed E-state index contributed by atoms with van der Waals surface area (Å²) in [6.07, 6.45) is 0.363. The van der Waals surface area contributed by atoms with Crippen LogP contribution in [0, 0.1) is 0 Å². The van der Waals surface area contributed by atoms with Gasteiger partial charge in [-0.25, -0.2) is 17.9 Å². The molecule has 0 saturated heterocycles. The molecule has 0 amide bonds.